The smallest absolute Gasteiger partial charge is 0.218 e. The standard InChI is InChI=1S/C17H28F2NO3S/c18-17(19)13-9-6-4-2-1-3-5-7-12-16-23-24(21,22)20-14-10-8-11-15-20/h8,10-11,14-15,17H,1-7,9,12-13,16H2/q+1. The molecule has 0 bridgehead atoms. The van der Waals surface area contributed by atoms with E-state index in [0.29, 0.717) is 12.8 Å². The van der Waals surface area contributed by atoms with Gasteiger partial charge < -0.3 is 0 Å². The van der Waals surface area contributed by atoms with Crippen LogP contribution in [0.25, 0.3) is 0 Å². The molecule has 4 nitrogen and oxygen atoms in total. The van der Waals surface area contributed by atoms with E-state index < -0.39 is 16.7 Å². The minimum Gasteiger partial charge on any atom is -0.218 e. The summed E-state index contributed by atoms with van der Waals surface area (Å²) in [6.45, 7) is 0.192. The maximum absolute atomic E-state index is 11.9. The van der Waals surface area contributed by atoms with E-state index in [1.165, 1.54) is 12.4 Å². The van der Waals surface area contributed by atoms with Gasteiger partial charge in [0.05, 0.1) is 6.61 Å². The van der Waals surface area contributed by atoms with E-state index >= 15 is 0 Å². The molecule has 0 unspecified atom stereocenters. The first-order chi connectivity index (χ1) is 11.5. The minimum atomic E-state index is -3.71. The molecule has 138 valence electrons. The molecule has 0 aliphatic carbocycles. The highest BCUT2D eigenvalue weighted by molar-refractivity contribution is 7.80. The Balaban J connectivity index is 1.94. The molecule has 0 aromatic carbocycles. The van der Waals surface area contributed by atoms with Crippen molar-refractivity contribution in [3.05, 3.63) is 30.6 Å². The minimum absolute atomic E-state index is 0.0180. The van der Waals surface area contributed by atoms with Crippen molar-refractivity contribution in [2.24, 2.45) is 0 Å². The van der Waals surface area contributed by atoms with Crippen molar-refractivity contribution in [2.75, 3.05) is 6.61 Å². The summed E-state index contributed by atoms with van der Waals surface area (Å²) >= 11 is 0. The van der Waals surface area contributed by atoms with Gasteiger partial charge in [0.2, 0.25) is 6.43 Å². The molecule has 0 spiro atoms. The summed E-state index contributed by atoms with van der Waals surface area (Å²) in [5.41, 5.74) is 0. The summed E-state index contributed by atoms with van der Waals surface area (Å²) in [5.74, 6) is 0. The molecule has 1 aromatic heterocycles. The van der Waals surface area contributed by atoms with Crippen LogP contribution in [0.5, 0.6) is 0 Å². The molecule has 0 aliphatic heterocycles. The molecule has 1 heterocycles. The quantitative estimate of drug-likeness (QED) is 0.366. The van der Waals surface area contributed by atoms with Crippen LogP contribution < -0.4 is 3.97 Å². The molecule has 0 N–H and O–H groups in total. The number of halogens is 2. The molecule has 1 rings (SSSR count). The van der Waals surface area contributed by atoms with E-state index in [2.05, 4.69) is 0 Å². The number of pyridine rings is 1. The van der Waals surface area contributed by atoms with Crippen molar-refractivity contribution >= 4 is 10.3 Å². The molecule has 0 atom stereocenters. The van der Waals surface area contributed by atoms with E-state index in [0.717, 1.165) is 48.9 Å². The van der Waals surface area contributed by atoms with Crippen molar-refractivity contribution in [2.45, 2.75) is 70.6 Å². The highest BCUT2D eigenvalue weighted by Gasteiger charge is 2.21. The summed E-state index contributed by atoms with van der Waals surface area (Å²) in [4.78, 5) is 0. The Morgan fingerprint density at radius 1 is 0.792 bits per heavy atom. The third-order valence-electron chi connectivity index (χ3n) is 3.75. The number of rotatable bonds is 14. The predicted octanol–water partition coefficient (Wildman–Crippen LogP) is 4.25. The second-order valence-electron chi connectivity index (χ2n) is 5.85. The van der Waals surface area contributed by atoms with E-state index in [1.807, 2.05) is 0 Å². The van der Waals surface area contributed by atoms with Gasteiger partial charge in [-0.05, 0) is 12.8 Å². The fourth-order valence-electron chi connectivity index (χ4n) is 2.40. The summed E-state index contributed by atoms with van der Waals surface area (Å²) in [7, 11) is -3.71. The zero-order valence-corrected chi connectivity index (χ0v) is 14.9. The summed E-state index contributed by atoms with van der Waals surface area (Å²) in [5, 5.41) is 0. The number of alkyl halides is 2. The largest absolute Gasteiger partial charge is 0.513 e. The van der Waals surface area contributed by atoms with Crippen LogP contribution in [0.1, 0.15) is 64.2 Å². The van der Waals surface area contributed by atoms with Crippen molar-refractivity contribution in [1.29, 1.82) is 0 Å². The maximum Gasteiger partial charge on any atom is 0.513 e. The van der Waals surface area contributed by atoms with Gasteiger partial charge in [0.15, 0.2) is 12.4 Å². The first-order valence-electron chi connectivity index (χ1n) is 8.67. The zero-order valence-electron chi connectivity index (χ0n) is 14.1. The Bertz CT molecular complexity index is 524. The van der Waals surface area contributed by atoms with E-state index in [1.54, 1.807) is 18.2 Å². The SMILES string of the molecule is O=S(=O)(OCCCCCCCCCCCC(F)F)[n+]1ccccc1. The summed E-state index contributed by atoms with van der Waals surface area (Å²) < 4.78 is 53.6. The average molecular weight is 364 g/mol. The van der Waals surface area contributed by atoms with Crippen LogP contribution in [0.15, 0.2) is 30.6 Å². The molecule has 0 fully saturated rings. The Kier molecular flexibility index (Phi) is 10.7. The lowest BCUT2D eigenvalue weighted by molar-refractivity contribution is -0.520. The third-order valence-corrected chi connectivity index (χ3v) is 4.97. The number of unbranched alkanes of at least 4 members (excludes halogenated alkanes) is 8. The Morgan fingerprint density at radius 3 is 1.83 bits per heavy atom. The Labute approximate surface area is 144 Å². The number of hydrogen-bond donors (Lipinski definition) is 0. The molecule has 7 heteroatoms. The molecule has 0 amide bonds. The van der Waals surface area contributed by atoms with Gasteiger partial charge in [-0.15, -0.1) is 8.42 Å². The van der Waals surface area contributed by atoms with E-state index in [-0.39, 0.29) is 13.0 Å². The van der Waals surface area contributed by atoms with Crippen molar-refractivity contribution in [3.63, 3.8) is 0 Å². The van der Waals surface area contributed by atoms with Crippen molar-refractivity contribution in [3.8, 4) is 0 Å². The van der Waals surface area contributed by atoms with E-state index in [4.69, 9.17) is 4.18 Å². The molecule has 0 saturated carbocycles. The number of nitrogens with zero attached hydrogens (tertiary/aromatic N) is 1. The predicted molar refractivity (Wildman–Crippen MR) is 89.1 cm³/mol. The molecule has 24 heavy (non-hydrogen) atoms. The summed E-state index contributed by atoms with van der Waals surface area (Å²) in [6, 6.07) is 5.01. The van der Waals surface area contributed by atoms with Crippen LogP contribution in [-0.2, 0) is 14.5 Å². The first kappa shape index (κ1) is 21.0. The van der Waals surface area contributed by atoms with Crippen LogP contribution in [0.2, 0.25) is 0 Å². The van der Waals surface area contributed by atoms with Crippen LogP contribution in [-0.4, -0.2) is 21.5 Å². The number of hydrogen-bond acceptors (Lipinski definition) is 3. The monoisotopic (exact) mass is 364 g/mol. The Morgan fingerprint density at radius 2 is 1.29 bits per heavy atom. The third kappa shape index (κ3) is 9.93. The fourth-order valence-corrected chi connectivity index (χ4v) is 3.28. The lowest BCUT2D eigenvalue weighted by atomic mass is 10.1. The molecule has 0 saturated heterocycles. The maximum atomic E-state index is 11.9. The van der Waals surface area contributed by atoms with Crippen molar-refractivity contribution < 1.29 is 25.4 Å². The van der Waals surface area contributed by atoms with Gasteiger partial charge in [0.1, 0.15) is 0 Å². The average Bonchev–Trinajstić information content (AvgIpc) is 2.56. The highest BCUT2D eigenvalue weighted by atomic mass is 32.2. The first-order valence-corrected chi connectivity index (χ1v) is 10.0. The Hall–Kier alpha value is -1.08. The fraction of sp³-hybridized carbons (Fsp3) is 0.706. The molecule has 0 aliphatic rings. The molecular formula is C17H28F2NO3S+. The van der Waals surface area contributed by atoms with Gasteiger partial charge in [0, 0.05) is 18.6 Å². The highest BCUT2D eigenvalue weighted by Crippen LogP contribution is 2.12. The van der Waals surface area contributed by atoms with Crippen LogP contribution in [0.3, 0.4) is 0 Å². The van der Waals surface area contributed by atoms with Crippen LogP contribution in [0.4, 0.5) is 8.78 Å². The topological polar surface area (TPSA) is 47.3 Å². The van der Waals surface area contributed by atoms with Crippen molar-refractivity contribution in [1.82, 2.24) is 0 Å². The van der Waals surface area contributed by atoms with Crippen LogP contribution in [0, 0.1) is 0 Å². The van der Waals surface area contributed by atoms with Gasteiger partial charge in [0.25, 0.3) is 0 Å². The normalized spacial score (nSPS) is 12.0. The van der Waals surface area contributed by atoms with Gasteiger partial charge in [-0.1, -0.05) is 55.0 Å². The van der Waals surface area contributed by atoms with Gasteiger partial charge >= 0.3 is 10.3 Å². The lowest BCUT2D eigenvalue weighted by Gasteiger charge is -2.03. The molecule has 1 aromatic rings. The zero-order chi connectivity index (χ0) is 17.7. The lowest BCUT2D eigenvalue weighted by Crippen LogP contribution is -2.43. The van der Waals surface area contributed by atoms with Gasteiger partial charge in [-0.2, -0.15) is 0 Å². The molecule has 0 radical (unpaired) electrons. The van der Waals surface area contributed by atoms with Gasteiger partial charge in [-0.3, -0.25) is 0 Å². The molecular weight excluding hydrogens is 336 g/mol. The van der Waals surface area contributed by atoms with Gasteiger partial charge in [-0.25, -0.2) is 13.0 Å². The second kappa shape index (κ2) is 12.3. The van der Waals surface area contributed by atoms with E-state index in [9.17, 15) is 17.2 Å². The van der Waals surface area contributed by atoms with Crippen LogP contribution >= 0.6 is 0 Å². The summed E-state index contributed by atoms with van der Waals surface area (Å²) in [6.07, 6.45) is 9.20. The second-order valence-corrected chi connectivity index (χ2v) is 7.36. The number of aromatic nitrogens is 1.